The summed E-state index contributed by atoms with van der Waals surface area (Å²) in [7, 11) is 0. The number of aromatic amines is 1. The first-order valence-corrected chi connectivity index (χ1v) is 9.64. The van der Waals surface area contributed by atoms with Gasteiger partial charge in [-0.1, -0.05) is 31.2 Å². The Kier molecular flexibility index (Phi) is 5.21. The molecule has 1 N–H and O–H groups in total. The van der Waals surface area contributed by atoms with E-state index in [1.807, 2.05) is 42.5 Å². The van der Waals surface area contributed by atoms with Gasteiger partial charge in [-0.15, -0.1) is 0 Å². The summed E-state index contributed by atoms with van der Waals surface area (Å²) in [5.74, 6) is 2.06. The Bertz CT molecular complexity index is 982. The highest BCUT2D eigenvalue weighted by Crippen LogP contribution is 2.27. The van der Waals surface area contributed by atoms with Crippen molar-refractivity contribution in [1.82, 2.24) is 14.9 Å². The third-order valence-electron chi connectivity index (χ3n) is 5.16. The van der Waals surface area contributed by atoms with E-state index in [4.69, 9.17) is 4.74 Å². The number of ether oxygens (including phenoxy) is 1. The summed E-state index contributed by atoms with van der Waals surface area (Å²) in [4.78, 5) is 22.4. The molecule has 0 bridgehead atoms. The Labute approximate surface area is 159 Å². The average molecular weight is 363 g/mol. The summed E-state index contributed by atoms with van der Waals surface area (Å²) in [5, 5.41) is 0.596. The van der Waals surface area contributed by atoms with Crippen molar-refractivity contribution in [3.05, 3.63) is 58.9 Å². The van der Waals surface area contributed by atoms with Crippen LogP contribution in [0.4, 0.5) is 0 Å². The molecular weight excluding hydrogens is 338 g/mol. The largest absolute Gasteiger partial charge is 0.491 e. The van der Waals surface area contributed by atoms with Crippen LogP contribution >= 0.6 is 0 Å². The average Bonchev–Trinajstić information content (AvgIpc) is 2.68. The number of aromatic nitrogens is 2. The predicted molar refractivity (Wildman–Crippen MR) is 108 cm³/mol. The second-order valence-corrected chi connectivity index (χ2v) is 7.32. The quantitative estimate of drug-likeness (QED) is 0.751. The van der Waals surface area contributed by atoms with Gasteiger partial charge in [0.05, 0.1) is 16.5 Å². The molecule has 5 nitrogen and oxygen atoms in total. The number of hydrogen-bond acceptors (Lipinski definition) is 4. The zero-order chi connectivity index (χ0) is 18.6. The molecule has 0 spiro atoms. The molecule has 1 saturated heterocycles. The smallest absolute Gasteiger partial charge is 0.259 e. The van der Waals surface area contributed by atoms with E-state index in [0.29, 0.717) is 23.3 Å². The van der Waals surface area contributed by atoms with Gasteiger partial charge >= 0.3 is 0 Å². The van der Waals surface area contributed by atoms with E-state index in [1.54, 1.807) is 6.07 Å². The van der Waals surface area contributed by atoms with Crippen molar-refractivity contribution in [3.8, 4) is 17.1 Å². The van der Waals surface area contributed by atoms with Crippen LogP contribution in [-0.4, -0.2) is 41.1 Å². The van der Waals surface area contributed by atoms with Crippen LogP contribution in [0.3, 0.4) is 0 Å². The highest BCUT2D eigenvalue weighted by molar-refractivity contribution is 5.80. The predicted octanol–water partition coefficient (Wildman–Crippen LogP) is 3.70. The number of benzene rings is 2. The fourth-order valence-corrected chi connectivity index (χ4v) is 3.78. The maximum Gasteiger partial charge on any atom is 0.259 e. The first-order valence-electron chi connectivity index (χ1n) is 9.64. The van der Waals surface area contributed by atoms with Crippen molar-refractivity contribution >= 4 is 10.9 Å². The number of nitrogens with one attached hydrogen (secondary N) is 1. The molecule has 2 heterocycles. The van der Waals surface area contributed by atoms with E-state index in [-0.39, 0.29) is 5.56 Å². The lowest BCUT2D eigenvalue weighted by atomic mass is 10.0. The molecule has 1 aromatic heterocycles. The van der Waals surface area contributed by atoms with Gasteiger partial charge in [0.25, 0.3) is 5.56 Å². The fraction of sp³-hybridized carbons (Fsp3) is 0.364. The molecule has 1 aliphatic heterocycles. The van der Waals surface area contributed by atoms with Crippen LogP contribution < -0.4 is 10.3 Å². The van der Waals surface area contributed by atoms with Crippen LogP contribution in [0.15, 0.2) is 53.3 Å². The van der Waals surface area contributed by atoms with E-state index in [0.717, 1.165) is 36.9 Å². The second kappa shape index (κ2) is 7.92. The molecule has 0 amide bonds. The van der Waals surface area contributed by atoms with Gasteiger partial charge < -0.3 is 9.72 Å². The Morgan fingerprint density at radius 2 is 2.00 bits per heavy atom. The summed E-state index contributed by atoms with van der Waals surface area (Å²) in [6.45, 7) is 6.14. The minimum atomic E-state index is -0.132. The van der Waals surface area contributed by atoms with E-state index >= 15 is 0 Å². The Balaban J connectivity index is 1.54. The number of likely N-dealkylation sites (tertiary alicyclic amines) is 1. The van der Waals surface area contributed by atoms with Gasteiger partial charge in [-0.2, -0.15) is 0 Å². The van der Waals surface area contributed by atoms with Crippen LogP contribution in [0.1, 0.15) is 19.8 Å². The molecular formula is C22H25N3O2. The first-order chi connectivity index (χ1) is 13.2. The minimum absolute atomic E-state index is 0.132. The molecule has 3 aromatic rings. The lowest BCUT2D eigenvalue weighted by Gasteiger charge is -2.30. The van der Waals surface area contributed by atoms with E-state index in [1.165, 1.54) is 12.8 Å². The van der Waals surface area contributed by atoms with Gasteiger partial charge in [0.1, 0.15) is 18.2 Å². The molecule has 0 saturated carbocycles. The van der Waals surface area contributed by atoms with Crippen LogP contribution in [0.5, 0.6) is 5.75 Å². The molecule has 0 radical (unpaired) electrons. The third kappa shape index (κ3) is 4.03. The van der Waals surface area contributed by atoms with Crippen LogP contribution in [0.2, 0.25) is 0 Å². The Morgan fingerprint density at radius 3 is 2.89 bits per heavy atom. The Morgan fingerprint density at radius 1 is 1.19 bits per heavy atom. The summed E-state index contributed by atoms with van der Waals surface area (Å²) >= 11 is 0. The van der Waals surface area contributed by atoms with E-state index < -0.39 is 0 Å². The SMILES string of the molecule is CC1CCCN(CCOc2ccccc2-c2nc3ccccc3c(=O)[nH]2)C1. The van der Waals surface area contributed by atoms with Gasteiger partial charge in [-0.05, 0) is 49.6 Å². The number of nitrogens with zero attached hydrogens (tertiary/aromatic N) is 2. The summed E-state index contributed by atoms with van der Waals surface area (Å²) in [6, 6.07) is 15.1. The maximum absolute atomic E-state index is 12.4. The summed E-state index contributed by atoms with van der Waals surface area (Å²) in [6.07, 6.45) is 2.58. The highest BCUT2D eigenvalue weighted by atomic mass is 16.5. The van der Waals surface area contributed by atoms with Gasteiger partial charge in [0.15, 0.2) is 0 Å². The third-order valence-corrected chi connectivity index (χ3v) is 5.16. The van der Waals surface area contributed by atoms with E-state index in [9.17, 15) is 4.79 Å². The zero-order valence-corrected chi connectivity index (χ0v) is 15.6. The monoisotopic (exact) mass is 363 g/mol. The molecule has 1 aliphatic rings. The van der Waals surface area contributed by atoms with Gasteiger partial charge in [0, 0.05) is 13.1 Å². The molecule has 0 aliphatic carbocycles. The molecule has 2 aromatic carbocycles. The van der Waals surface area contributed by atoms with Gasteiger partial charge in [0.2, 0.25) is 0 Å². The van der Waals surface area contributed by atoms with Gasteiger partial charge in [-0.25, -0.2) is 4.98 Å². The number of fused-ring (bicyclic) bond motifs is 1. The van der Waals surface area contributed by atoms with Crippen molar-refractivity contribution in [3.63, 3.8) is 0 Å². The zero-order valence-electron chi connectivity index (χ0n) is 15.6. The van der Waals surface area contributed by atoms with Crippen LogP contribution in [-0.2, 0) is 0 Å². The number of para-hydroxylation sites is 2. The topological polar surface area (TPSA) is 58.2 Å². The Hall–Kier alpha value is -2.66. The second-order valence-electron chi connectivity index (χ2n) is 7.32. The lowest BCUT2D eigenvalue weighted by Crippen LogP contribution is -2.37. The van der Waals surface area contributed by atoms with Crippen LogP contribution in [0.25, 0.3) is 22.3 Å². The normalized spacial score (nSPS) is 17.9. The van der Waals surface area contributed by atoms with Crippen LogP contribution in [0, 0.1) is 5.92 Å². The molecule has 5 heteroatoms. The van der Waals surface area contributed by atoms with Crippen molar-refractivity contribution in [2.45, 2.75) is 19.8 Å². The van der Waals surface area contributed by atoms with Crippen molar-refractivity contribution in [2.24, 2.45) is 5.92 Å². The molecule has 1 fully saturated rings. The standard InChI is InChI=1S/C22H25N3O2/c1-16-7-6-12-25(15-16)13-14-27-20-11-5-3-9-18(20)21-23-19-10-4-2-8-17(19)22(26)24-21/h2-5,8-11,16H,6-7,12-15H2,1H3,(H,23,24,26). The van der Waals surface area contributed by atoms with Gasteiger partial charge in [-0.3, -0.25) is 9.69 Å². The summed E-state index contributed by atoms with van der Waals surface area (Å²) in [5.41, 5.74) is 1.37. The molecule has 4 rings (SSSR count). The van der Waals surface area contributed by atoms with E-state index in [2.05, 4.69) is 21.8 Å². The number of piperidine rings is 1. The number of H-pyrrole nitrogens is 1. The molecule has 140 valence electrons. The highest BCUT2D eigenvalue weighted by Gasteiger charge is 2.16. The van der Waals surface area contributed by atoms with Crippen molar-refractivity contribution in [2.75, 3.05) is 26.2 Å². The van der Waals surface area contributed by atoms with Crippen molar-refractivity contribution in [1.29, 1.82) is 0 Å². The fourth-order valence-electron chi connectivity index (χ4n) is 3.78. The number of rotatable bonds is 5. The molecule has 1 unspecified atom stereocenters. The first kappa shape index (κ1) is 17.7. The molecule has 27 heavy (non-hydrogen) atoms. The van der Waals surface area contributed by atoms with Crippen molar-refractivity contribution < 1.29 is 4.74 Å². The lowest BCUT2D eigenvalue weighted by molar-refractivity contribution is 0.154. The minimum Gasteiger partial charge on any atom is -0.491 e. The summed E-state index contributed by atoms with van der Waals surface area (Å²) < 4.78 is 6.08. The molecule has 1 atom stereocenters. The maximum atomic E-state index is 12.4. The number of hydrogen-bond donors (Lipinski definition) is 1.